The van der Waals surface area contributed by atoms with Crippen molar-refractivity contribution in [3.05, 3.63) is 120 Å². The zero-order chi connectivity index (χ0) is 29.2. The Morgan fingerprint density at radius 2 is 1.44 bits per heavy atom. The number of alkyl halides is 3. The van der Waals surface area contributed by atoms with Gasteiger partial charge in [0.15, 0.2) is 9.84 Å². The van der Waals surface area contributed by atoms with Crippen molar-refractivity contribution < 1.29 is 21.6 Å². The average Bonchev–Trinajstić information content (AvgIpc) is 2.96. The minimum Gasteiger partial charge on any atom is -0.255 e. The number of rotatable bonds is 8. The van der Waals surface area contributed by atoms with Crippen LogP contribution in [-0.4, -0.2) is 19.2 Å². The SMILES string of the molecule is CC(C)CCS(=O)(=O)c1cccc(-c2cccc(-c3c(Cc4ccccc4)cnc4c(C(F)(F)F)cccc34)c2)c1. The molecule has 0 amide bonds. The minimum atomic E-state index is -4.55. The van der Waals surface area contributed by atoms with Crippen molar-refractivity contribution in [1.82, 2.24) is 4.98 Å². The predicted octanol–water partition coefficient (Wildman–Crippen LogP) is 9.00. The Balaban J connectivity index is 1.65. The summed E-state index contributed by atoms with van der Waals surface area (Å²) in [6, 6.07) is 28.2. The van der Waals surface area contributed by atoms with Crippen molar-refractivity contribution in [2.75, 3.05) is 5.75 Å². The molecule has 0 fully saturated rings. The van der Waals surface area contributed by atoms with Crippen molar-refractivity contribution in [3.63, 3.8) is 0 Å². The third-order valence-corrected chi connectivity index (χ3v) is 8.91. The van der Waals surface area contributed by atoms with Gasteiger partial charge in [0.2, 0.25) is 0 Å². The van der Waals surface area contributed by atoms with E-state index in [9.17, 15) is 21.6 Å². The summed E-state index contributed by atoms with van der Waals surface area (Å²) in [5.74, 6) is 0.337. The number of fused-ring (bicyclic) bond motifs is 1. The molecular weight excluding hydrogens is 543 g/mol. The minimum absolute atomic E-state index is 0.0710. The largest absolute Gasteiger partial charge is 0.418 e. The van der Waals surface area contributed by atoms with Gasteiger partial charge in [-0.05, 0) is 76.4 Å². The van der Waals surface area contributed by atoms with Gasteiger partial charge in [-0.25, -0.2) is 8.42 Å². The maximum absolute atomic E-state index is 13.9. The Morgan fingerprint density at radius 3 is 2.15 bits per heavy atom. The normalized spacial score (nSPS) is 12.2. The number of halogens is 3. The van der Waals surface area contributed by atoms with Gasteiger partial charge in [0.05, 0.1) is 21.7 Å². The van der Waals surface area contributed by atoms with E-state index in [2.05, 4.69) is 4.98 Å². The molecule has 0 N–H and O–H groups in total. The van der Waals surface area contributed by atoms with Gasteiger partial charge in [-0.2, -0.15) is 13.2 Å². The molecule has 0 atom stereocenters. The third kappa shape index (κ3) is 6.35. The maximum Gasteiger partial charge on any atom is 0.418 e. The van der Waals surface area contributed by atoms with Crippen molar-refractivity contribution in [2.45, 2.75) is 37.8 Å². The third-order valence-electron chi connectivity index (χ3n) is 7.16. The summed E-state index contributed by atoms with van der Waals surface area (Å²) in [5, 5.41) is 0.412. The lowest BCUT2D eigenvalue weighted by molar-refractivity contribution is -0.136. The van der Waals surface area contributed by atoms with Gasteiger partial charge in [0.25, 0.3) is 0 Å². The van der Waals surface area contributed by atoms with Crippen LogP contribution in [0.2, 0.25) is 0 Å². The van der Waals surface area contributed by atoms with E-state index in [0.717, 1.165) is 33.9 Å². The molecule has 0 aliphatic carbocycles. The molecule has 41 heavy (non-hydrogen) atoms. The zero-order valence-corrected chi connectivity index (χ0v) is 23.6. The van der Waals surface area contributed by atoms with Gasteiger partial charge in [-0.15, -0.1) is 0 Å². The number of sulfone groups is 1. The van der Waals surface area contributed by atoms with E-state index >= 15 is 0 Å². The fraction of sp³-hybridized carbons (Fsp3) is 0.206. The molecule has 0 saturated carbocycles. The first kappa shape index (κ1) is 28.6. The first-order valence-corrected chi connectivity index (χ1v) is 15.1. The van der Waals surface area contributed by atoms with Gasteiger partial charge in [0, 0.05) is 11.6 Å². The fourth-order valence-electron chi connectivity index (χ4n) is 5.02. The number of aromatic nitrogens is 1. The number of nitrogens with zero attached hydrogens (tertiary/aromatic N) is 1. The van der Waals surface area contributed by atoms with Crippen LogP contribution in [0.1, 0.15) is 37.0 Å². The van der Waals surface area contributed by atoms with Crippen LogP contribution < -0.4 is 0 Å². The molecule has 3 nitrogen and oxygen atoms in total. The molecular formula is C34H30F3NO2S. The van der Waals surface area contributed by atoms with E-state index in [1.807, 2.05) is 74.5 Å². The topological polar surface area (TPSA) is 47.0 Å². The lowest BCUT2D eigenvalue weighted by Crippen LogP contribution is -2.09. The number of hydrogen-bond acceptors (Lipinski definition) is 3. The van der Waals surface area contributed by atoms with Crippen LogP contribution in [0.4, 0.5) is 13.2 Å². The molecule has 7 heteroatoms. The van der Waals surface area contributed by atoms with Crippen LogP contribution in [-0.2, 0) is 22.4 Å². The van der Waals surface area contributed by atoms with Gasteiger partial charge < -0.3 is 0 Å². The van der Waals surface area contributed by atoms with Crippen molar-refractivity contribution >= 4 is 20.7 Å². The first-order chi connectivity index (χ1) is 19.5. The maximum atomic E-state index is 13.9. The summed E-state index contributed by atoms with van der Waals surface area (Å²) < 4.78 is 67.8. The van der Waals surface area contributed by atoms with Crippen molar-refractivity contribution in [1.29, 1.82) is 0 Å². The molecule has 0 aliphatic heterocycles. The average molecular weight is 574 g/mol. The smallest absolute Gasteiger partial charge is 0.255 e. The van der Waals surface area contributed by atoms with E-state index in [4.69, 9.17) is 0 Å². The fourth-order valence-corrected chi connectivity index (χ4v) is 6.63. The summed E-state index contributed by atoms with van der Waals surface area (Å²) in [6.07, 6.45) is -1.95. The number of benzene rings is 4. The molecule has 4 aromatic carbocycles. The highest BCUT2D eigenvalue weighted by molar-refractivity contribution is 7.91. The summed E-state index contributed by atoms with van der Waals surface area (Å²) in [7, 11) is -3.45. The van der Waals surface area contributed by atoms with E-state index in [1.54, 1.807) is 24.3 Å². The van der Waals surface area contributed by atoms with Crippen molar-refractivity contribution in [2.24, 2.45) is 5.92 Å². The summed E-state index contributed by atoms with van der Waals surface area (Å²) in [5.41, 5.74) is 3.82. The number of para-hydroxylation sites is 1. The van der Waals surface area contributed by atoms with E-state index in [1.165, 1.54) is 12.3 Å². The highest BCUT2D eigenvalue weighted by Crippen LogP contribution is 2.40. The molecule has 0 bridgehead atoms. The number of pyridine rings is 1. The second-order valence-corrected chi connectivity index (χ2v) is 12.7. The highest BCUT2D eigenvalue weighted by atomic mass is 32.2. The molecule has 1 heterocycles. The Morgan fingerprint density at radius 1 is 0.780 bits per heavy atom. The summed E-state index contributed by atoms with van der Waals surface area (Å²) in [4.78, 5) is 4.55. The number of hydrogen-bond donors (Lipinski definition) is 0. The second-order valence-electron chi connectivity index (χ2n) is 10.6. The van der Waals surface area contributed by atoms with Crippen molar-refractivity contribution in [3.8, 4) is 22.3 Å². The van der Waals surface area contributed by atoms with Gasteiger partial charge >= 0.3 is 6.18 Å². The molecule has 0 spiro atoms. The highest BCUT2D eigenvalue weighted by Gasteiger charge is 2.33. The quantitative estimate of drug-likeness (QED) is 0.186. The molecule has 0 radical (unpaired) electrons. The molecule has 0 aliphatic rings. The Bertz CT molecular complexity index is 1800. The van der Waals surface area contributed by atoms with Crippen LogP contribution in [0.15, 0.2) is 108 Å². The van der Waals surface area contributed by atoms with E-state index in [0.29, 0.717) is 23.8 Å². The Hall–Kier alpha value is -3.97. The van der Waals surface area contributed by atoms with E-state index < -0.39 is 21.6 Å². The van der Waals surface area contributed by atoms with Crippen LogP contribution in [0.5, 0.6) is 0 Å². The lowest BCUT2D eigenvalue weighted by Gasteiger charge is -2.17. The molecule has 0 saturated heterocycles. The molecule has 210 valence electrons. The van der Waals surface area contributed by atoms with E-state index in [-0.39, 0.29) is 22.1 Å². The predicted molar refractivity (Wildman–Crippen MR) is 158 cm³/mol. The van der Waals surface area contributed by atoms with Crippen LogP contribution in [0, 0.1) is 5.92 Å². The van der Waals surface area contributed by atoms with Gasteiger partial charge in [0.1, 0.15) is 0 Å². The molecule has 1 aromatic heterocycles. The second kappa shape index (κ2) is 11.5. The van der Waals surface area contributed by atoms with Crippen LogP contribution in [0.25, 0.3) is 33.2 Å². The lowest BCUT2D eigenvalue weighted by atomic mass is 9.90. The van der Waals surface area contributed by atoms with Gasteiger partial charge in [-0.3, -0.25) is 4.98 Å². The standard InChI is InChI=1S/C34H30F3NO2S/c1-23(2)17-18-41(39,40)29-14-7-12-26(21-29)25-11-6-13-27(20-25)32-28(19-24-9-4-3-5-10-24)22-38-33-30(32)15-8-16-31(33)34(35,36)37/h3-16,20-23H,17-19H2,1-2H3. The zero-order valence-electron chi connectivity index (χ0n) is 22.8. The van der Waals surface area contributed by atoms with Crippen LogP contribution in [0.3, 0.4) is 0 Å². The first-order valence-electron chi connectivity index (χ1n) is 13.5. The molecule has 5 rings (SSSR count). The Kier molecular flexibility index (Phi) is 8.00. The Labute approximate surface area is 238 Å². The molecule has 0 unspecified atom stereocenters. The summed E-state index contributed by atoms with van der Waals surface area (Å²) in [6.45, 7) is 3.98. The monoisotopic (exact) mass is 573 g/mol. The van der Waals surface area contributed by atoms with Crippen LogP contribution >= 0.6 is 0 Å². The summed E-state index contributed by atoms with van der Waals surface area (Å²) >= 11 is 0. The van der Waals surface area contributed by atoms with Gasteiger partial charge in [-0.1, -0.05) is 86.6 Å². The molecule has 5 aromatic rings.